The Morgan fingerprint density at radius 1 is 1.25 bits per heavy atom. The zero-order chi connectivity index (χ0) is 16.9. The average Bonchev–Trinajstić information content (AvgIpc) is 2.60. The van der Waals surface area contributed by atoms with Crippen molar-refractivity contribution in [3.05, 3.63) is 52.5 Å². The van der Waals surface area contributed by atoms with E-state index in [0.717, 1.165) is 42.6 Å². The summed E-state index contributed by atoms with van der Waals surface area (Å²) >= 11 is 0. The van der Waals surface area contributed by atoms with Gasteiger partial charge in [-0.05, 0) is 60.8 Å². The summed E-state index contributed by atoms with van der Waals surface area (Å²) in [6.45, 7) is 5.07. The lowest BCUT2D eigenvalue weighted by Crippen LogP contribution is -2.16. The number of nitrogens with zero attached hydrogens (tertiary/aromatic N) is 3. The highest BCUT2D eigenvalue weighted by atomic mass is 15.0. The van der Waals surface area contributed by atoms with Crippen LogP contribution in [-0.4, -0.2) is 9.97 Å². The summed E-state index contributed by atoms with van der Waals surface area (Å²) in [4.78, 5) is 9.00. The summed E-state index contributed by atoms with van der Waals surface area (Å²) in [5.74, 6) is 1.29. The van der Waals surface area contributed by atoms with Gasteiger partial charge in [0, 0.05) is 24.6 Å². The fourth-order valence-electron chi connectivity index (χ4n) is 3.39. The van der Waals surface area contributed by atoms with E-state index in [1.54, 1.807) is 6.20 Å². The average molecular weight is 320 g/mol. The molecule has 3 rings (SSSR count). The van der Waals surface area contributed by atoms with Gasteiger partial charge in [-0.3, -0.25) is 4.98 Å². The Balaban J connectivity index is 1.96. The van der Waals surface area contributed by atoms with Crippen LogP contribution in [0, 0.1) is 17.2 Å². The van der Waals surface area contributed by atoms with Gasteiger partial charge in [-0.1, -0.05) is 19.9 Å². The molecule has 0 saturated carbocycles. The maximum absolute atomic E-state index is 9.70. The number of nitrogens with one attached hydrogen (secondary N) is 1. The Bertz CT molecular complexity index is 744. The van der Waals surface area contributed by atoms with Gasteiger partial charge in [0.25, 0.3) is 0 Å². The molecule has 0 saturated heterocycles. The van der Waals surface area contributed by atoms with E-state index in [1.165, 1.54) is 23.2 Å². The van der Waals surface area contributed by atoms with Gasteiger partial charge in [-0.25, -0.2) is 4.98 Å². The van der Waals surface area contributed by atoms with Crippen LogP contribution in [0.15, 0.2) is 24.5 Å². The smallest absolute Gasteiger partial charge is 0.144 e. The second kappa shape index (κ2) is 7.44. The van der Waals surface area contributed by atoms with Crippen molar-refractivity contribution in [1.82, 2.24) is 9.97 Å². The Morgan fingerprint density at radius 3 is 2.71 bits per heavy atom. The maximum atomic E-state index is 9.70. The Kier molecular flexibility index (Phi) is 5.10. The van der Waals surface area contributed by atoms with Crippen LogP contribution in [0.2, 0.25) is 0 Å². The summed E-state index contributed by atoms with van der Waals surface area (Å²) in [6.07, 6.45) is 8.99. The summed E-state index contributed by atoms with van der Waals surface area (Å²) < 4.78 is 0. The predicted molar refractivity (Wildman–Crippen MR) is 95.7 cm³/mol. The van der Waals surface area contributed by atoms with Crippen molar-refractivity contribution >= 4 is 5.82 Å². The molecular weight excluding hydrogens is 296 g/mol. The quantitative estimate of drug-likeness (QED) is 0.903. The molecule has 0 fully saturated rings. The van der Waals surface area contributed by atoms with E-state index in [-0.39, 0.29) is 0 Å². The van der Waals surface area contributed by atoms with Crippen molar-refractivity contribution in [1.29, 1.82) is 5.26 Å². The number of nitriles is 1. The molecular formula is C20H24N4. The molecule has 0 radical (unpaired) electrons. The van der Waals surface area contributed by atoms with Crippen LogP contribution in [0.5, 0.6) is 0 Å². The van der Waals surface area contributed by atoms with E-state index in [0.29, 0.717) is 12.5 Å². The predicted octanol–water partition coefficient (Wildman–Crippen LogP) is 4.04. The summed E-state index contributed by atoms with van der Waals surface area (Å²) in [6, 6.07) is 6.35. The summed E-state index contributed by atoms with van der Waals surface area (Å²) in [7, 11) is 0. The number of aromatic nitrogens is 2. The van der Waals surface area contributed by atoms with Gasteiger partial charge in [0.05, 0.1) is 5.56 Å². The maximum Gasteiger partial charge on any atom is 0.144 e. The molecule has 1 aliphatic carbocycles. The number of hydrogen-bond donors (Lipinski definition) is 1. The summed E-state index contributed by atoms with van der Waals surface area (Å²) in [5, 5.41) is 13.1. The van der Waals surface area contributed by atoms with Gasteiger partial charge < -0.3 is 5.32 Å². The first-order valence-corrected chi connectivity index (χ1v) is 8.76. The second-order valence-electron chi connectivity index (χ2n) is 6.87. The van der Waals surface area contributed by atoms with Gasteiger partial charge in [-0.2, -0.15) is 5.26 Å². The molecule has 2 heterocycles. The fraction of sp³-hybridized carbons (Fsp3) is 0.450. The third-order valence-corrected chi connectivity index (χ3v) is 4.50. The standard InChI is InChI=1S/C20H24N4/c1-14(2)10-19-17-8-4-3-7-16(17)18(11-21)20(24-19)23-13-15-6-5-9-22-12-15/h5-6,9,12,14H,3-4,7-8,10,13H2,1-2H3,(H,23,24). The van der Waals surface area contributed by atoms with Gasteiger partial charge in [-0.15, -0.1) is 0 Å². The van der Waals surface area contributed by atoms with E-state index >= 15 is 0 Å². The van der Waals surface area contributed by atoms with Crippen LogP contribution in [0.1, 0.15) is 54.6 Å². The molecule has 24 heavy (non-hydrogen) atoms. The largest absolute Gasteiger partial charge is 0.365 e. The molecule has 0 spiro atoms. The normalized spacial score (nSPS) is 13.4. The lowest BCUT2D eigenvalue weighted by atomic mass is 9.86. The van der Waals surface area contributed by atoms with E-state index in [9.17, 15) is 5.26 Å². The molecule has 0 amide bonds. The Morgan fingerprint density at radius 2 is 2.04 bits per heavy atom. The first-order chi connectivity index (χ1) is 11.7. The van der Waals surface area contributed by atoms with Crippen molar-refractivity contribution in [2.24, 2.45) is 5.92 Å². The lowest BCUT2D eigenvalue weighted by molar-refractivity contribution is 0.611. The van der Waals surface area contributed by atoms with Crippen molar-refractivity contribution in [2.45, 2.75) is 52.5 Å². The third-order valence-electron chi connectivity index (χ3n) is 4.50. The number of hydrogen-bond acceptors (Lipinski definition) is 4. The second-order valence-corrected chi connectivity index (χ2v) is 6.87. The molecule has 1 N–H and O–H groups in total. The summed E-state index contributed by atoms with van der Waals surface area (Å²) in [5.41, 5.74) is 5.56. The third kappa shape index (κ3) is 3.56. The Hall–Kier alpha value is -2.41. The topological polar surface area (TPSA) is 61.6 Å². The monoisotopic (exact) mass is 320 g/mol. The van der Waals surface area contributed by atoms with Crippen molar-refractivity contribution in [3.8, 4) is 6.07 Å². The van der Waals surface area contributed by atoms with Gasteiger partial charge in [0.2, 0.25) is 0 Å². The van der Waals surface area contributed by atoms with E-state index in [4.69, 9.17) is 4.98 Å². The zero-order valence-corrected chi connectivity index (χ0v) is 14.5. The van der Waals surface area contributed by atoms with Gasteiger partial charge in [0.1, 0.15) is 11.9 Å². The van der Waals surface area contributed by atoms with Crippen LogP contribution in [0.25, 0.3) is 0 Å². The van der Waals surface area contributed by atoms with Crippen LogP contribution in [-0.2, 0) is 25.8 Å². The van der Waals surface area contributed by atoms with Crippen molar-refractivity contribution < 1.29 is 0 Å². The molecule has 1 aliphatic rings. The molecule has 2 aromatic heterocycles. The molecule has 0 aliphatic heterocycles. The molecule has 124 valence electrons. The van der Waals surface area contributed by atoms with Crippen LogP contribution in [0.4, 0.5) is 5.82 Å². The number of fused-ring (bicyclic) bond motifs is 1. The van der Waals surface area contributed by atoms with Gasteiger partial charge in [0.15, 0.2) is 0 Å². The van der Waals surface area contributed by atoms with Crippen LogP contribution >= 0.6 is 0 Å². The van der Waals surface area contributed by atoms with Gasteiger partial charge >= 0.3 is 0 Å². The number of pyridine rings is 2. The minimum Gasteiger partial charge on any atom is -0.365 e. The lowest BCUT2D eigenvalue weighted by Gasteiger charge is -2.23. The van der Waals surface area contributed by atoms with Crippen molar-refractivity contribution in [3.63, 3.8) is 0 Å². The van der Waals surface area contributed by atoms with E-state index in [2.05, 4.69) is 30.2 Å². The molecule has 4 heteroatoms. The highest BCUT2D eigenvalue weighted by molar-refractivity contribution is 5.60. The first kappa shape index (κ1) is 16.4. The highest BCUT2D eigenvalue weighted by Gasteiger charge is 2.22. The minimum atomic E-state index is 0.558. The van der Waals surface area contributed by atoms with Crippen LogP contribution in [0.3, 0.4) is 0 Å². The minimum absolute atomic E-state index is 0.558. The Labute approximate surface area is 144 Å². The SMILES string of the molecule is CC(C)Cc1nc(NCc2cccnc2)c(C#N)c2c1CCCC2. The van der Waals surface area contributed by atoms with Crippen LogP contribution < -0.4 is 5.32 Å². The van der Waals surface area contributed by atoms with E-state index < -0.39 is 0 Å². The first-order valence-electron chi connectivity index (χ1n) is 8.76. The van der Waals surface area contributed by atoms with Crippen molar-refractivity contribution in [2.75, 3.05) is 5.32 Å². The number of anilines is 1. The molecule has 2 aromatic rings. The molecule has 4 nitrogen and oxygen atoms in total. The molecule has 0 unspecified atom stereocenters. The molecule has 0 atom stereocenters. The fourth-order valence-corrected chi connectivity index (χ4v) is 3.39. The van der Waals surface area contributed by atoms with E-state index in [1.807, 2.05) is 18.3 Å². The number of rotatable bonds is 5. The molecule has 0 bridgehead atoms. The zero-order valence-electron chi connectivity index (χ0n) is 14.5. The molecule has 0 aromatic carbocycles. The highest BCUT2D eigenvalue weighted by Crippen LogP contribution is 2.31.